The van der Waals surface area contributed by atoms with E-state index in [1.807, 2.05) is 6.92 Å². The number of hydrogen-bond acceptors (Lipinski definition) is 3. The number of rotatable bonds is 2. The molecule has 0 radical (unpaired) electrons. The van der Waals surface area contributed by atoms with Crippen molar-refractivity contribution in [3.05, 3.63) is 0 Å². The molecule has 1 aliphatic rings. The monoisotopic (exact) mass is 186 g/mol. The van der Waals surface area contributed by atoms with Gasteiger partial charge in [-0.15, -0.1) is 0 Å². The molecule has 4 heteroatoms. The van der Waals surface area contributed by atoms with Gasteiger partial charge in [0.15, 0.2) is 0 Å². The van der Waals surface area contributed by atoms with Gasteiger partial charge in [0.2, 0.25) is 5.91 Å². The van der Waals surface area contributed by atoms with Crippen molar-refractivity contribution in [2.24, 2.45) is 11.7 Å². The quantitative estimate of drug-likeness (QED) is 0.614. The molecule has 2 atom stereocenters. The van der Waals surface area contributed by atoms with Gasteiger partial charge in [0.1, 0.15) is 0 Å². The summed E-state index contributed by atoms with van der Waals surface area (Å²) in [5.41, 5.74) is 5.27. The fourth-order valence-electron chi connectivity index (χ4n) is 1.78. The number of nitrogens with two attached hydrogens (primary N) is 1. The molecule has 0 unspecified atom stereocenters. The van der Waals surface area contributed by atoms with E-state index < -0.39 is 0 Å². The second-order valence-electron chi connectivity index (χ2n) is 3.57. The van der Waals surface area contributed by atoms with Crippen molar-refractivity contribution in [2.75, 3.05) is 19.6 Å². The van der Waals surface area contributed by atoms with Crippen LogP contribution in [0.5, 0.6) is 0 Å². The maximum absolute atomic E-state index is 11.3. The fraction of sp³-hybridized carbons (Fsp3) is 0.889. The smallest absolute Gasteiger partial charge is 0.236 e. The normalized spacial score (nSPS) is 29.0. The molecule has 76 valence electrons. The number of piperidine rings is 1. The highest BCUT2D eigenvalue weighted by Gasteiger charge is 2.28. The van der Waals surface area contributed by atoms with Crippen molar-refractivity contribution in [3.8, 4) is 0 Å². The van der Waals surface area contributed by atoms with Gasteiger partial charge in [-0.1, -0.05) is 6.92 Å². The Balaban J connectivity index is 2.49. The molecule has 0 spiro atoms. The summed E-state index contributed by atoms with van der Waals surface area (Å²) in [4.78, 5) is 13.0. The molecule has 1 aliphatic heterocycles. The number of aliphatic hydroxyl groups is 1. The van der Waals surface area contributed by atoms with Gasteiger partial charge in [0.25, 0.3) is 0 Å². The molecule has 1 fully saturated rings. The first kappa shape index (κ1) is 10.5. The van der Waals surface area contributed by atoms with Gasteiger partial charge in [-0.25, -0.2) is 0 Å². The molecular formula is C9H18N2O2. The number of amides is 1. The zero-order chi connectivity index (χ0) is 9.84. The Bertz CT molecular complexity index is 184. The zero-order valence-electron chi connectivity index (χ0n) is 8.07. The minimum atomic E-state index is -0.244. The maximum atomic E-state index is 11.3. The molecule has 1 heterocycles. The van der Waals surface area contributed by atoms with E-state index in [1.54, 1.807) is 4.90 Å². The molecule has 0 aromatic heterocycles. The van der Waals surface area contributed by atoms with Gasteiger partial charge in [0.05, 0.1) is 12.6 Å². The molecule has 1 amide bonds. The van der Waals surface area contributed by atoms with E-state index in [-0.39, 0.29) is 24.5 Å². The van der Waals surface area contributed by atoms with Crippen molar-refractivity contribution in [1.82, 2.24) is 4.90 Å². The standard InChI is InChI=1S/C9H18N2O2/c1-2-7-6-11(9(13)5-10)4-3-8(7)12/h7-8,12H,2-6,10H2,1H3/t7-,8-/m1/s1. The summed E-state index contributed by atoms with van der Waals surface area (Å²) in [6.07, 6.45) is 1.35. The Morgan fingerprint density at radius 2 is 2.38 bits per heavy atom. The highest BCUT2D eigenvalue weighted by atomic mass is 16.3. The first-order valence-electron chi connectivity index (χ1n) is 4.85. The van der Waals surface area contributed by atoms with E-state index in [9.17, 15) is 9.90 Å². The van der Waals surface area contributed by atoms with Crippen LogP contribution in [0.3, 0.4) is 0 Å². The second kappa shape index (κ2) is 4.58. The third-order valence-corrected chi connectivity index (χ3v) is 2.75. The fourth-order valence-corrected chi connectivity index (χ4v) is 1.78. The van der Waals surface area contributed by atoms with Crippen LogP contribution in [0.2, 0.25) is 0 Å². The maximum Gasteiger partial charge on any atom is 0.236 e. The van der Waals surface area contributed by atoms with E-state index in [1.165, 1.54) is 0 Å². The zero-order valence-corrected chi connectivity index (χ0v) is 8.07. The lowest BCUT2D eigenvalue weighted by atomic mass is 9.92. The van der Waals surface area contributed by atoms with Crippen molar-refractivity contribution in [2.45, 2.75) is 25.9 Å². The molecule has 0 aromatic rings. The predicted octanol–water partition coefficient (Wildman–Crippen LogP) is -0.435. The molecule has 1 rings (SSSR count). The van der Waals surface area contributed by atoms with Crippen LogP contribution in [0.1, 0.15) is 19.8 Å². The predicted molar refractivity (Wildman–Crippen MR) is 50.0 cm³/mol. The van der Waals surface area contributed by atoms with E-state index in [4.69, 9.17) is 5.73 Å². The summed E-state index contributed by atoms with van der Waals surface area (Å²) in [6, 6.07) is 0. The topological polar surface area (TPSA) is 66.6 Å². The highest BCUT2D eigenvalue weighted by molar-refractivity contribution is 5.78. The molecule has 13 heavy (non-hydrogen) atoms. The molecule has 4 nitrogen and oxygen atoms in total. The number of likely N-dealkylation sites (tertiary alicyclic amines) is 1. The largest absolute Gasteiger partial charge is 0.393 e. The Kier molecular flexibility index (Phi) is 3.69. The van der Waals surface area contributed by atoms with Crippen LogP contribution in [0.15, 0.2) is 0 Å². The van der Waals surface area contributed by atoms with E-state index in [0.29, 0.717) is 19.5 Å². The summed E-state index contributed by atoms with van der Waals surface area (Å²) in [5, 5.41) is 9.57. The van der Waals surface area contributed by atoms with Gasteiger partial charge >= 0.3 is 0 Å². The van der Waals surface area contributed by atoms with Crippen LogP contribution < -0.4 is 5.73 Å². The van der Waals surface area contributed by atoms with Crippen molar-refractivity contribution in [3.63, 3.8) is 0 Å². The van der Waals surface area contributed by atoms with Crippen molar-refractivity contribution >= 4 is 5.91 Å². The lowest BCUT2D eigenvalue weighted by Crippen LogP contribution is -2.47. The Morgan fingerprint density at radius 3 is 2.92 bits per heavy atom. The molecule has 0 aliphatic carbocycles. The average molecular weight is 186 g/mol. The molecule has 0 bridgehead atoms. The third-order valence-electron chi connectivity index (χ3n) is 2.75. The summed E-state index contributed by atoms with van der Waals surface area (Å²) in [5.74, 6) is 0.217. The number of carbonyl (C=O) groups is 1. The summed E-state index contributed by atoms with van der Waals surface area (Å²) in [6.45, 7) is 3.41. The summed E-state index contributed by atoms with van der Waals surface area (Å²) in [7, 11) is 0. The first-order valence-corrected chi connectivity index (χ1v) is 4.85. The number of hydrogen-bond donors (Lipinski definition) is 2. The van der Waals surface area contributed by atoms with Gasteiger partial charge < -0.3 is 15.7 Å². The Labute approximate surface area is 78.7 Å². The van der Waals surface area contributed by atoms with E-state index >= 15 is 0 Å². The molecule has 3 N–H and O–H groups in total. The molecule has 1 saturated heterocycles. The van der Waals surface area contributed by atoms with Crippen LogP contribution >= 0.6 is 0 Å². The van der Waals surface area contributed by atoms with Gasteiger partial charge in [-0.2, -0.15) is 0 Å². The van der Waals surface area contributed by atoms with E-state index in [0.717, 1.165) is 6.42 Å². The lowest BCUT2D eigenvalue weighted by Gasteiger charge is -2.35. The second-order valence-corrected chi connectivity index (χ2v) is 3.57. The lowest BCUT2D eigenvalue weighted by molar-refractivity contribution is -0.133. The summed E-state index contributed by atoms with van der Waals surface area (Å²) >= 11 is 0. The molecule has 0 aromatic carbocycles. The molecular weight excluding hydrogens is 168 g/mol. The highest BCUT2D eigenvalue weighted by Crippen LogP contribution is 2.19. The van der Waals surface area contributed by atoms with E-state index in [2.05, 4.69) is 0 Å². The van der Waals surface area contributed by atoms with Gasteiger partial charge in [0, 0.05) is 19.0 Å². The Morgan fingerprint density at radius 1 is 1.69 bits per heavy atom. The third kappa shape index (κ3) is 2.42. The molecule has 0 saturated carbocycles. The van der Waals surface area contributed by atoms with Crippen molar-refractivity contribution < 1.29 is 9.90 Å². The SMILES string of the molecule is CC[C@@H]1CN(C(=O)CN)CC[C@H]1O. The van der Waals surface area contributed by atoms with Crippen LogP contribution in [0.25, 0.3) is 0 Å². The number of aliphatic hydroxyl groups excluding tert-OH is 1. The summed E-state index contributed by atoms with van der Waals surface area (Å²) < 4.78 is 0. The average Bonchev–Trinajstić information content (AvgIpc) is 2.17. The van der Waals surface area contributed by atoms with Gasteiger partial charge in [-0.05, 0) is 12.8 Å². The van der Waals surface area contributed by atoms with Crippen molar-refractivity contribution in [1.29, 1.82) is 0 Å². The van der Waals surface area contributed by atoms with Crippen LogP contribution in [-0.2, 0) is 4.79 Å². The Hall–Kier alpha value is -0.610. The van der Waals surface area contributed by atoms with Crippen LogP contribution in [-0.4, -0.2) is 41.7 Å². The van der Waals surface area contributed by atoms with Gasteiger partial charge in [-0.3, -0.25) is 4.79 Å². The number of nitrogens with zero attached hydrogens (tertiary/aromatic N) is 1. The van der Waals surface area contributed by atoms with Crippen LogP contribution in [0, 0.1) is 5.92 Å². The first-order chi connectivity index (χ1) is 6.19. The van der Waals surface area contributed by atoms with Crippen LogP contribution in [0.4, 0.5) is 0 Å². The number of carbonyl (C=O) groups excluding carboxylic acids is 1. The minimum absolute atomic E-state index is 0.00894. The minimum Gasteiger partial charge on any atom is -0.393 e.